The van der Waals surface area contributed by atoms with Gasteiger partial charge < -0.3 is 5.11 Å². The molecule has 1 rings (SSSR count). The Morgan fingerprint density at radius 1 is 1.37 bits per heavy atom. The number of sulfonamides is 1. The van der Waals surface area contributed by atoms with Crippen molar-refractivity contribution < 1.29 is 17.9 Å². The number of hydrogen-bond acceptors (Lipinski definition) is 3. The molecule has 0 saturated carbocycles. The Hall–Kier alpha value is -1.58. The highest BCUT2D eigenvalue weighted by molar-refractivity contribution is 7.94. The van der Waals surface area contributed by atoms with Gasteiger partial charge in [0.15, 0.2) is 0 Å². The van der Waals surface area contributed by atoms with Crippen molar-refractivity contribution in [2.75, 3.05) is 11.3 Å². The molecule has 0 saturated heterocycles. The number of aliphatic hydroxyl groups is 1. The van der Waals surface area contributed by atoms with Crippen LogP contribution in [0.5, 0.6) is 0 Å². The summed E-state index contributed by atoms with van der Waals surface area (Å²) >= 11 is 0. The van der Waals surface area contributed by atoms with Crippen molar-refractivity contribution in [1.29, 1.82) is 0 Å². The summed E-state index contributed by atoms with van der Waals surface area (Å²) in [5.41, 5.74) is 0.374. The van der Waals surface area contributed by atoms with Gasteiger partial charge in [0.05, 0.1) is 16.0 Å². The molecule has 1 aromatic rings. The lowest BCUT2D eigenvalue weighted by Gasteiger charge is -2.21. The third-order valence-electron chi connectivity index (χ3n) is 2.33. The molecule has 0 amide bonds. The molecule has 0 atom stereocenters. The molecule has 0 radical (unpaired) electrons. The minimum absolute atomic E-state index is 0.182. The molecule has 19 heavy (non-hydrogen) atoms. The first-order valence-corrected chi connectivity index (χ1v) is 7.07. The first-order valence-electron chi connectivity index (χ1n) is 5.59. The number of hydrogen-bond donors (Lipinski definition) is 2. The second-order valence-electron chi connectivity index (χ2n) is 4.87. The quantitative estimate of drug-likeness (QED) is 0.813. The van der Waals surface area contributed by atoms with Crippen LogP contribution in [0, 0.1) is 17.7 Å². The van der Waals surface area contributed by atoms with Crippen LogP contribution in [0.2, 0.25) is 0 Å². The van der Waals surface area contributed by atoms with Gasteiger partial charge in [-0.15, -0.1) is 0 Å². The first kappa shape index (κ1) is 15.5. The Morgan fingerprint density at radius 2 is 2.00 bits per heavy atom. The van der Waals surface area contributed by atoms with Gasteiger partial charge >= 0.3 is 0 Å². The van der Waals surface area contributed by atoms with Gasteiger partial charge in [0, 0.05) is 0 Å². The molecule has 4 nitrogen and oxygen atoms in total. The summed E-state index contributed by atoms with van der Waals surface area (Å²) in [6.45, 7) is 4.27. The Balaban J connectivity index is 3.22. The number of anilines is 1. The average molecular weight is 285 g/mol. The number of rotatable bonds is 2. The summed E-state index contributed by atoms with van der Waals surface area (Å²) in [7, 11) is -3.61. The number of nitrogens with one attached hydrogen (secondary N) is 1. The molecule has 0 fully saturated rings. The highest BCUT2D eigenvalue weighted by Crippen LogP contribution is 2.22. The zero-order valence-corrected chi connectivity index (χ0v) is 11.8. The van der Waals surface area contributed by atoms with E-state index in [9.17, 15) is 12.8 Å². The van der Waals surface area contributed by atoms with Crippen molar-refractivity contribution in [3.63, 3.8) is 0 Å². The molecule has 6 heteroatoms. The van der Waals surface area contributed by atoms with Crippen LogP contribution >= 0.6 is 0 Å². The predicted molar refractivity (Wildman–Crippen MR) is 72.7 cm³/mol. The van der Waals surface area contributed by atoms with Crippen LogP contribution in [-0.4, -0.2) is 24.9 Å². The maximum absolute atomic E-state index is 13.1. The molecule has 0 heterocycles. The standard InChI is InChI=1S/C13H16FNO3S/c1-13(2,3)19(17,18)15-12-7-6-11(14)9-10(12)5-4-8-16/h6-7,9,15-16H,8H2,1-3H3. The summed E-state index contributed by atoms with van der Waals surface area (Å²) in [6.07, 6.45) is 0. The molecule has 0 bridgehead atoms. The predicted octanol–water partition coefficient (Wildman–Crippen LogP) is 1.71. The largest absolute Gasteiger partial charge is 0.384 e. The maximum atomic E-state index is 13.1. The van der Waals surface area contributed by atoms with Crippen LogP contribution in [0.25, 0.3) is 0 Å². The molecule has 1 aromatic carbocycles. The highest BCUT2D eigenvalue weighted by atomic mass is 32.2. The molecule has 0 spiro atoms. The van der Waals surface area contributed by atoms with Gasteiger partial charge in [0.1, 0.15) is 12.4 Å². The molecule has 0 aromatic heterocycles. The Morgan fingerprint density at radius 3 is 2.53 bits per heavy atom. The Labute approximate surface area is 112 Å². The van der Waals surface area contributed by atoms with Crippen molar-refractivity contribution in [3.05, 3.63) is 29.6 Å². The van der Waals surface area contributed by atoms with E-state index < -0.39 is 20.6 Å². The van der Waals surface area contributed by atoms with Crippen LogP contribution in [0.4, 0.5) is 10.1 Å². The summed E-state index contributed by atoms with van der Waals surface area (Å²) in [6, 6.07) is 3.56. The van der Waals surface area contributed by atoms with Gasteiger partial charge in [-0.05, 0) is 39.0 Å². The third-order valence-corrected chi connectivity index (χ3v) is 4.44. The van der Waals surface area contributed by atoms with E-state index in [4.69, 9.17) is 5.11 Å². The molecule has 2 N–H and O–H groups in total. The van der Waals surface area contributed by atoms with E-state index in [1.54, 1.807) is 20.8 Å². The maximum Gasteiger partial charge on any atom is 0.237 e. The lowest BCUT2D eigenvalue weighted by atomic mass is 10.2. The molecule has 0 unspecified atom stereocenters. The fraction of sp³-hybridized carbons (Fsp3) is 0.385. The molecule has 104 valence electrons. The van der Waals surface area contributed by atoms with E-state index >= 15 is 0 Å². The van der Waals surface area contributed by atoms with E-state index in [2.05, 4.69) is 16.6 Å². The monoisotopic (exact) mass is 285 g/mol. The fourth-order valence-electron chi connectivity index (χ4n) is 1.14. The van der Waals surface area contributed by atoms with Crippen molar-refractivity contribution in [3.8, 4) is 11.8 Å². The van der Waals surface area contributed by atoms with Crippen molar-refractivity contribution >= 4 is 15.7 Å². The summed E-state index contributed by atoms with van der Waals surface area (Å²) in [4.78, 5) is 0. The Bertz CT molecular complexity index is 622. The molecular formula is C13H16FNO3S. The van der Waals surface area contributed by atoms with E-state index in [1.807, 2.05) is 0 Å². The molecule has 0 aliphatic carbocycles. The Kier molecular flexibility index (Phi) is 4.56. The molecule has 0 aliphatic rings. The van der Waals surface area contributed by atoms with Crippen LogP contribution < -0.4 is 4.72 Å². The van der Waals surface area contributed by atoms with Crippen molar-refractivity contribution in [2.24, 2.45) is 0 Å². The number of aliphatic hydroxyl groups excluding tert-OH is 1. The minimum atomic E-state index is -3.61. The van der Waals surface area contributed by atoms with Crippen molar-refractivity contribution in [1.82, 2.24) is 0 Å². The third kappa shape index (κ3) is 3.94. The van der Waals surface area contributed by atoms with E-state index in [0.29, 0.717) is 0 Å². The number of halogens is 1. The number of benzene rings is 1. The zero-order valence-electron chi connectivity index (χ0n) is 11.0. The van der Waals surface area contributed by atoms with Crippen LogP contribution in [0.1, 0.15) is 26.3 Å². The van der Waals surface area contributed by atoms with E-state index in [1.165, 1.54) is 6.07 Å². The molecule has 0 aliphatic heterocycles. The minimum Gasteiger partial charge on any atom is -0.384 e. The first-order chi connectivity index (χ1) is 8.67. The summed E-state index contributed by atoms with van der Waals surface area (Å²) in [5.74, 6) is 4.34. The highest BCUT2D eigenvalue weighted by Gasteiger charge is 2.29. The van der Waals surface area contributed by atoms with E-state index in [0.717, 1.165) is 12.1 Å². The van der Waals surface area contributed by atoms with Crippen LogP contribution in [-0.2, 0) is 10.0 Å². The lowest BCUT2D eigenvalue weighted by Crippen LogP contribution is -2.33. The van der Waals surface area contributed by atoms with E-state index in [-0.39, 0.29) is 17.9 Å². The van der Waals surface area contributed by atoms with Gasteiger partial charge in [-0.3, -0.25) is 4.72 Å². The second kappa shape index (κ2) is 5.59. The smallest absolute Gasteiger partial charge is 0.237 e. The summed E-state index contributed by atoms with van der Waals surface area (Å²) < 4.78 is 38.6. The van der Waals surface area contributed by atoms with Gasteiger partial charge in [-0.2, -0.15) is 0 Å². The van der Waals surface area contributed by atoms with Gasteiger partial charge in [0.2, 0.25) is 10.0 Å². The zero-order chi connectivity index (χ0) is 14.7. The average Bonchev–Trinajstić information content (AvgIpc) is 2.27. The molecular weight excluding hydrogens is 269 g/mol. The van der Waals surface area contributed by atoms with Crippen molar-refractivity contribution in [2.45, 2.75) is 25.5 Å². The fourth-order valence-corrected chi connectivity index (χ4v) is 1.92. The van der Waals surface area contributed by atoms with Gasteiger partial charge in [-0.25, -0.2) is 12.8 Å². The topological polar surface area (TPSA) is 66.4 Å². The van der Waals surface area contributed by atoms with Crippen LogP contribution in [0.3, 0.4) is 0 Å². The second-order valence-corrected chi connectivity index (χ2v) is 7.30. The normalized spacial score (nSPS) is 11.6. The van der Waals surface area contributed by atoms with Gasteiger partial charge in [-0.1, -0.05) is 11.8 Å². The van der Waals surface area contributed by atoms with Crippen LogP contribution in [0.15, 0.2) is 18.2 Å². The SMILES string of the molecule is CC(C)(C)S(=O)(=O)Nc1ccc(F)cc1C#CCO. The van der Waals surface area contributed by atoms with Gasteiger partial charge in [0.25, 0.3) is 0 Å². The lowest BCUT2D eigenvalue weighted by molar-refractivity contribution is 0.350. The summed E-state index contributed by atoms with van der Waals surface area (Å²) in [5, 5.41) is 8.64.